The number of rotatable bonds is 11. The van der Waals surface area contributed by atoms with Gasteiger partial charge in [0.25, 0.3) is 0 Å². The number of nitrogens with one attached hydrogen (secondary N) is 1. The lowest BCUT2D eigenvalue weighted by molar-refractivity contribution is -0.0815. The van der Waals surface area contributed by atoms with Crippen LogP contribution in [-0.2, 0) is 27.2 Å². The van der Waals surface area contributed by atoms with Crippen LogP contribution in [0, 0.1) is 0 Å². The van der Waals surface area contributed by atoms with Gasteiger partial charge in [0.15, 0.2) is 10.8 Å². The molecule has 12 heteroatoms. The molecule has 0 saturated carbocycles. The topological polar surface area (TPSA) is 134 Å². The van der Waals surface area contributed by atoms with E-state index in [1.54, 1.807) is 11.5 Å². The summed E-state index contributed by atoms with van der Waals surface area (Å²) < 4.78 is 16.9. The van der Waals surface area contributed by atoms with Gasteiger partial charge in [-0.3, -0.25) is 0 Å². The Hall–Kier alpha value is -4.25. The number of aromatic amines is 1. The molecule has 0 spiro atoms. The summed E-state index contributed by atoms with van der Waals surface area (Å²) in [4.78, 5) is 29.4. The molecule has 1 atom stereocenters. The summed E-state index contributed by atoms with van der Waals surface area (Å²) in [7, 11) is 0. The van der Waals surface area contributed by atoms with E-state index >= 15 is 0 Å². The van der Waals surface area contributed by atoms with Gasteiger partial charge in [-0.25, -0.2) is 14.6 Å². The van der Waals surface area contributed by atoms with Crippen LogP contribution in [0.25, 0.3) is 22.5 Å². The van der Waals surface area contributed by atoms with Crippen LogP contribution in [0.5, 0.6) is 0 Å². The predicted molar refractivity (Wildman–Crippen MR) is 143 cm³/mol. The van der Waals surface area contributed by atoms with Crippen LogP contribution in [0.1, 0.15) is 55.5 Å². The van der Waals surface area contributed by atoms with E-state index in [9.17, 15) is 9.59 Å². The third kappa shape index (κ3) is 6.61. The summed E-state index contributed by atoms with van der Waals surface area (Å²) in [5.41, 5.74) is 3.60. The van der Waals surface area contributed by atoms with Crippen molar-refractivity contribution in [2.45, 2.75) is 52.9 Å². The first-order valence-electron chi connectivity index (χ1n) is 12.6. The molecule has 2 heterocycles. The fourth-order valence-corrected chi connectivity index (χ4v) is 4.43. The van der Waals surface area contributed by atoms with Crippen molar-refractivity contribution in [1.82, 2.24) is 30.2 Å². The van der Waals surface area contributed by atoms with E-state index in [1.807, 2.05) is 48.5 Å². The number of nitrogens with zero attached hydrogens (tertiary/aromatic N) is 5. The molecule has 4 rings (SSSR count). The number of hydrogen-bond donors (Lipinski definition) is 1. The van der Waals surface area contributed by atoms with Gasteiger partial charge in [0.05, 0.1) is 13.2 Å². The molecule has 2 aromatic carbocycles. The second kappa shape index (κ2) is 13.0. The lowest BCUT2D eigenvalue weighted by Crippen LogP contribution is -2.24. The van der Waals surface area contributed by atoms with Crippen molar-refractivity contribution in [1.29, 1.82) is 0 Å². The van der Waals surface area contributed by atoms with Gasteiger partial charge in [-0.1, -0.05) is 73.5 Å². The van der Waals surface area contributed by atoms with Crippen molar-refractivity contribution in [3.05, 3.63) is 70.8 Å². The number of imidazole rings is 1. The first-order chi connectivity index (χ1) is 18.9. The SMILES string of the molecule is CCCCc1nc(Cl)c(C(=O)OC(C)OC(=O)OCC)n1Cc1ccccc1-c1ccccc1-c1nn[nH]n1. The zero-order valence-corrected chi connectivity index (χ0v) is 22.6. The second-order valence-corrected chi connectivity index (χ2v) is 8.93. The van der Waals surface area contributed by atoms with Gasteiger partial charge >= 0.3 is 12.1 Å². The molecule has 0 radical (unpaired) electrons. The number of carbonyl (C=O) groups is 2. The molecule has 4 aromatic rings. The van der Waals surface area contributed by atoms with Gasteiger partial charge in [0, 0.05) is 18.9 Å². The van der Waals surface area contributed by atoms with Crippen LogP contribution in [0.3, 0.4) is 0 Å². The number of halogens is 1. The van der Waals surface area contributed by atoms with Crippen LogP contribution in [0.4, 0.5) is 4.79 Å². The fraction of sp³-hybridized carbons (Fsp3) is 0.333. The Morgan fingerprint density at radius 2 is 1.74 bits per heavy atom. The van der Waals surface area contributed by atoms with Gasteiger partial charge in [-0.05, 0) is 35.2 Å². The molecule has 0 aliphatic carbocycles. The molecule has 0 aliphatic rings. The Kier molecular flexibility index (Phi) is 9.27. The van der Waals surface area contributed by atoms with Crippen LogP contribution in [0.2, 0.25) is 5.15 Å². The van der Waals surface area contributed by atoms with Gasteiger partial charge < -0.3 is 18.8 Å². The monoisotopic (exact) mass is 552 g/mol. The average Bonchev–Trinajstić information content (AvgIpc) is 3.56. The third-order valence-electron chi connectivity index (χ3n) is 5.90. The number of tetrazole rings is 1. The Morgan fingerprint density at radius 3 is 2.44 bits per heavy atom. The number of unbranched alkanes of at least 4 members (excludes halogenated alkanes) is 1. The summed E-state index contributed by atoms with van der Waals surface area (Å²) in [5, 5.41) is 14.5. The lowest BCUT2D eigenvalue weighted by Gasteiger charge is -2.17. The summed E-state index contributed by atoms with van der Waals surface area (Å²) in [6, 6.07) is 15.6. The van der Waals surface area contributed by atoms with Crippen LogP contribution < -0.4 is 0 Å². The number of carbonyl (C=O) groups excluding carboxylic acids is 2. The minimum absolute atomic E-state index is 0.0131. The van der Waals surface area contributed by atoms with E-state index in [4.69, 9.17) is 25.8 Å². The molecule has 0 fully saturated rings. The molecular formula is C27H29ClN6O5. The fourth-order valence-electron chi connectivity index (χ4n) is 4.16. The molecule has 0 amide bonds. The van der Waals surface area contributed by atoms with Crippen molar-refractivity contribution >= 4 is 23.7 Å². The summed E-state index contributed by atoms with van der Waals surface area (Å²) in [5.74, 6) is 0.348. The van der Waals surface area contributed by atoms with E-state index in [0.717, 1.165) is 35.1 Å². The second-order valence-electron chi connectivity index (χ2n) is 8.57. The largest absolute Gasteiger partial charge is 0.511 e. The molecule has 2 aromatic heterocycles. The maximum Gasteiger partial charge on any atom is 0.511 e. The standard InChI is InChI=1S/C27H29ClN6O5/c1-4-6-15-22-29-24(28)23(26(35)38-17(3)39-27(36)37-5-2)34(22)16-18-11-7-8-12-19(18)20-13-9-10-14-21(20)25-30-32-33-31-25/h7-14,17H,4-6,15-16H2,1-3H3,(H,30,31,32,33). The van der Waals surface area contributed by atoms with Crippen LogP contribution in [-0.4, -0.2) is 55.2 Å². The predicted octanol–water partition coefficient (Wildman–Crippen LogP) is 5.45. The van der Waals surface area contributed by atoms with Crippen LogP contribution in [0.15, 0.2) is 48.5 Å². The minimum atomic E-state index is -1.19. The molecule has 1 N–H and O–H groups in total. The molecule has 11 nitrogen and oxygen atoms in total. The van der Waals surface area contributed by atoms with Crippen molar-refractivity contribution in [2.24, 2.45) is 0 Å². The number of ether oxygens (including phenoxy) is 3. The molecule has 0 aliphatic heterocycles. The Morgan fingerprint density at radius 1 is 1.03 bits per heavy atom. The van der Waals surface area contributed by atoms with Gasteiger partial charge in [-0.2, -0.15) is 5.21 Å². The normalized spacial score (nSPS) is 11.7. The van der Waals surface area contributed by atoms with Crippen molar-refractivity contribution in [3.63, 3.8) is 0 Å². The van der Waals surface area contributed by atoms with Gasteiger partial charge in [0.1, 0.15) is 5.82 Å². The average molecular weight is 553 g/mol. The van der Waals surface area contributed by atoms with Crippen LogP contribution >= 0.6 is 11.6 Å². The highest BCUT2D eigenvalue weighted by Gasteiger charge is 2.27. The van der Waals surface area contributed by atoms with E-state index in [2.05, 4.69) is 32.5 Å². The summed E-state index contributed by atoms with van der Waals surface area (Å²) in [6.07, 6.45) is 0.273. The molecule has 1 unspecified atom stereocenters. The number of H-pyrrole nitrogens is 1. The van der Waals surface area contributed by atoms with E-state index in [1.165, 1.54) is 6.92 Å². The van der Waals surface area contributed by atoms with E-state index in [-0.39, 0.29) is 24.0 Å². The first kappa shape index (κ1) is 27.8. The highest BCUT2D eigenvalue weighted by atomic mass is 35.5. The summed E-state index contributed by atoms with van der Waals surface area (Å²) >= 11 is 6.49. The quantitative estimate of drug-likeness (QED) is 0.190. The van der Waals surface area contributed by atoms with Gasteiger partial charge in [-0.15, -0.1) is 10.2 Å². The smallest absolute Gasteiger partial charge is 0.435 e. The van der Waals surface area contributed by atoms with Crippen molar-refractivity contribution in [3.8, 4) is 22.5 Å². The number of esters is 1. The molecule has 0 bridgehead atoms. The van der Waals surface area contributed by atoms with Crippen molar-refractivity contribution < 1.29 is 23.8 Å². The Labute approximate surface area is 230 Å². The van der Waals surface area contributed by atoms with E-state index < -0.39 is 18.4 Å². The van der Waals surface area contributed by atoms with E-state index in [0.29, 0.717) is 18.1 Å². The zero-order chi connectivity index (χ0) is 27.8. The molecular weight excluding hydrogens is 524 g/mol. The third-order valence-corrected chi connectivity index (χ3v) is 6.16. The molecule has 39 heavy (non-hydrogen) atoms. The zero-order valence-electron chi connectivity index (χ0n) is 21.9. The maximum absolute atomic E-state index is 13.3. The van der Waals surface area contributed by atoms with Gasteiger partial charge in [0.2, 0.25) is 12.1 Å². The summed E-state index contributed by atoms with van der Waals surface area (Å²) in [6.45, 7) is 5.56. The minimum Gasteiger partial charge on any atom is -0.435 e. The maximum atomic E-state index is 13.3. The number of benzene rings is 2. The van der Waals surface area contributed by atoms with Crippen molar-refractivity contribution in [2.75, 3.05) is 6.61 Å². The number of aryl methyl sites for hydroxylation is 1. The first-order valence-corrected chi connectivity index (χ1v) is 13.0. The number of aromatic nitrogens is 6. The Bertz CT molecular complexity index is 1420. The lowest BCUT2D eigenvalue weighted by atomic mass is 9.95. The highest BCUT2D eigenvalue weighted by Crippen LogP contribution is 2.33. The number of hydrogen-bond acceptors (Lipinski definition) is 9. The Balaban J connectivity index is 1.71. The highest BCUT2D eigenvalue weighted by molar-refractivity contribution is 6.32. The molecule has 204 valence electrons. The molecule has 0 saturated heterocycles.